The van der Waals surface area contributed by atoms with Crippen LogP contribution in [0.5, 0.6) is 0 Å². The topological polar surface area (TPSA) is 0 Å². The minimum Gasteiger partial charge on any atom is -0.263 e. The Morgan fingerprint density at radius 2 is 0.880 bits per heavy atom. The first kappa shape index (κ1) is 30.6. The fourth-order valence-corrected chi connectivity index (χ4v) is 3.30. The molecule has 2 aliphatic carbocycles. The van der Waals surface area contributed by atoms with Crippen LogP contribution in [0.3, 0.4) is 0 Å². The molecular formula is C22H36Cl2Th. The normalized spacial score (nSPS) is 27.4. The average molecular weight is 603 g/mol. The van der Waals surface area contributed by atoms with Gasteiger partial charge < -0.3 is 0 Å². The molecule has 142 valence electrons. The van der Waals surface area contributed by atoms with E-state index in [0.29, 0.717) is 0 Å². The standard InChI is InChI=1S/2C11H17.2ClH.Th/c2*1-6-11(5)7-8(2)9(3)10(11)4;;;/h2*6H2,1-5H3;2*1H;/q2*-1;;;+2. The first-order valence-electron chi connectivity index (χ1n) is 8.62. The molecule has 0 bridgehead atoms. The molecule has 0 nitrogen and oxygen atoms in total. The molecule has 0 aromatic heterocycles. The van der Waals surface area contributed by atoms with Gasteiger partial charge in [-0.1, -0.05) is 79.1 Å². The van der Waals surface area contributed by atoms with Crippen LogP contribution in [0.25, 0.3) is 0 Å². The summed E-state index contributed by atoms with van der Waals surface area (Å²) in [5.74, 6) is 0. The van der Waals surface area contributed by atoms with E-state index in [9.17, 15) is 0 Å². The van der Waals surface area contributed by atoms with E-state index >= 15 is 0 Å². The predicted molar refractivity (Wildman–Crippen MR) is 113 cm³/mol. The molecule has 0 aromatic rings. The molecule has 0 N–H and O–H groups in total. The maximum atomic E-state index is 3.52. The molecule has 0 aromatic carbocycles. The van der Waals surface area contributed by atoms with Crippen LogP contribution in [0.1, 0.15) is 82.1 Å². The Bertz CT molecular complexity index is 529. The van der Waals surface area contributed by atoms with Gasteiger partial charge in [0.25, 0.3) is 0 Å². The number of rotatable bonds is 2. The summed E-state index contributed by atoms with van der Waals surface area (Å²) in [6.45, 7) is 22.1. The van der Waals surface area contributed by atoms with Gasteiger partial charge in [-0.25, -0.2) is 11.1 Å². The van der Waals surface area contributed by atoms with Gasteiger partial charge in [-0.2, -0.15) is 22.3 Å². The third-order valence-corrected chi connectivity index (χ3v) is 6.25. The number of hydrogen-bond donors (Lipinski definition) is 0. The molecule has 25 heavy (non-hydrogen) atoms. The molecule has 2 aliphatic rings. The second-order valence-corrected chi connectivity index (χ2v) is 7.37. The zero-order valence-electron chi connectivity index (χ0n) is 17.7. The monoisotopic (exact) mass is 602 g/mol. The van der Waals surface area contributed by atoms with Crippen molar-refractivity contribution in [1.82, 2.24) is 0 Å². The van der Waals surface area contributed by atoms with Crippen LogP contribution in [0.15, 0.2) is 33.4 Å². The Kier molecular flexibility index (Phi) is 14.3. The van der Waals surface area contributed by atoms with Gasteiger partial charge in [0, 0.05) is 0 Å². The Morgan fingerprint density at radius 3 is 0.960 bits per heavy atom. The molecule has 2 rings (SSSR count). The van der Waals surface area contributed by atoms with Gasteiger partial charge in [0.1, 0.15) is 0 Å². The van der Waals surface area contributed by atoms with Crippen LogP contribution in [0, 0.1) is 62.9 Å². The molecule has 0 aliphatic heterocycles. The Morgan fingerprint density at radius 1 is 0.640 bits per heavy atom. The zero-order chi connectivity index (χ0) is 17.3. The van der Waals surface area contributed by atoms with Crippen molar-refractivity contribution < 1.29 is 39.9 Å². The van der Waals surface area contributed by atoms with E-state index in [1.54, 1.807) is 0 Å². The summed E-state index contributed by atoms with van der Waals surface area (Å²) >= 11 is 0. The molecule has 2 unspecified atom stereocenters. The fourth-order valence-electron chi connectivity index (χ4n) is 3.30. The number of hydrogen-bond acceptors (Lipinski definition) is 0. The summed E-state index contributed by atoms with van der Waals surface area (Å²) in [5, 5.41) is 0. The zero-order valence-corrected chi connectivity index (χ0v) is 23.5. The van der Waals surface area contributed by atoms with Crippen molar-refractivity contribution in [2.75, 3.05) is 0 Å². The second kappa shape index (κ2) is 11.6. The summed E-state index contributed by atoms with van der Waals surface area (Å²) in [7, 11) is 0. The predicted octanol–water partition coefficient (Wildman–Crippen LogP) is 7.85. The number of allylic oxidation sites excluding steroid dienone is 8. The molecule has 0 amide bonds. The van der Waals surface area contributed by atoms with E-state index in [2.05, 4.69) is 81.4 Å². The molecular weight excluding hydrogens is 567 g/mol. The minimum absolute atomic E-state index is 0. The van der Waals surface area contributed by atoms with Crippen molar-refractivity contribution in [2.24, 2.45) is 10.8 Å². The van der Waals surface area contributed by atoms with E-state index in [0.717, 1.165) is 12.8 Å². The van der Waals surface area contributed by atoms with Crippen LogP contribution in [-0.2, 0) is 0 Å². The summed E-state index contributed by atoms with van der Waals surface area (Å²) in [6, 6.07) is 0. The molecule has 0 heterocycles. The smallest absolute Gasteiger partial charge is 0.263 e. The van der Waals surface area contributed by atoms with Crippen molar-refractivity contribution >= 4 is 24.8 Å². The molecule has 0 saturated carbocycles. The molecule has 2 atom stereocenters. The van der Waals surface area contributed by atoms with Gasteiger partial charge in [-0.3, -0.25) is 12.2 Å². The molecule has 0 spiro atoms. The maximum absolute atomic E-state index is 3.52. The third-order valence-electron chi connectivity index (χ3n) is 6.25. The summed E-state index contributed by atoms with van der Waals surface area (Å²) < 4.78 is 0. The van der Waals surface area contributed by atoms with Crippen LogP contribution in [-0.4, -0.2) is 0 Å². The van der Waals surface area contributed by atoms with Crippen LogP contribution in [0.2, 0.25) is 0 Å². The van der Waals surface area contributed by atoms with Gasteiger partial charge in [-0.15, -0.1) is 38.7 Å². The third kappa shape index (κ3) is 6.46. The van der Waals surface area contributed by atoms with Gasteiger partial charge in [-0.05, 0) is 0 Å². The molecule has 0 fully saturated rings. The number of halogens is 2. The Balaban J connectivity index is -0.000000346. The van der Waals surface area contributed by atoms with Gasteiger partial charge in [0.2, 0.25) is 0 Å². The SMILES string of the molecule is CCC1(C)[C-]=C(C)C(C)=C1C.CCC1(C)[C-]=C(C)C(C)=C1C.Cl.Cl.[Th+2]. The minimum atomic E-state index is 0. The summed E-state index contributed by atoms with van der Waals surface area (Å²) in [5.41, 5.74) is 9.01. The maximum Gasteiger partial charge on any atom is 2.00 e. The molecule has 3 heteroatoms. The molecule has 0 saturated heterocycles. The van der Waals surface area contributed by atoms with Gasteiger partial charge in [0.15, 0.2) is 0 Å². The Hall–Kier alpha value is 0.865. The van der Waals surface area contributed by atoms with Gasteiger partial charge >= 0.3 is 39.9 Å². The Labute approximate surface area is 201 Å². The van der Waals surface area contributed by atoms with Crippen molar-refractivity contribution in [3.8, 4) is 0 Å². The van der Waals surface area contributed by atoms with Crippen molar-refractivity contribution in [3.05, 3.63) is 45.6 Å². The van der Waals surface area contributed by atoms with E-state index < -0.39 is 0 Å². The van der Waals surface area contributed by atoms with Crippen LogP contribution >= 0.6 is 24.8 Å². The van der Waals surface area contributed by atoms with Gasteiger partial charge in [0.05, 0.1) is 0 Å². The first-order chi connectivity index (χ1) is 10.0. The molecule has 0 radical (unpaired) electrons. The van der Waals surface area contributed by atoms with Crippen LogP contribution in [0.4, 0.5) is 0 Å². The first-order valence-corrected chi connectivity index (χ1v) is 8.62. The van der Waals surface area contributed by atoms with E-state index in [1.165, 1.54) is 33.4 Å². The summed E-state index contributed by atoms with van der Waals surface area (Å²) in [4.78, 5) is 0. The second-order valence-electron chi connectivity index (χ2n) is 7.37. The van der Waals surface area contributed by atoms with Crippen LogP contribution < -0.4 is 0 Å². The average Bonchev–Trinajstić information content (AvgIpc) is 2.81. The quantitative estimate of drug-likeness (QED) is 0.282. The van der Waals surface area contributed by atoms with E-state index in [4.69, 9.17) is 0 Å². The van der Waals surface area contributed by atoms with Crippen molar-refractivity contribution in [1.29, 1.82) is 0 Å². The van der Waals surface area contributed by atoms with Crippen molar-refractivity contribution in [2.45, 2.75) is 82.1 Å². The summed E-state index contributed by atoms with van der Waals surface area (Å²) in [6.07, 6.45) is 9.36. The van der Waals surface area contributed by atoms with E-state index in [-0.39, 0.29) is 75.6 Å². The van der Waals surface area contributed by atoms with E-state index in [1.807, 2.05) is 0 Å². The largest absolute Gasteiger partial charge is 2.00 e. The van der Waals surface area contributed by atoms with Crippen molar-refractivity contribution in [3.63, 3.8) is 0 Å². The fraction of sp³-hybridized carbons (Fsp3) is 0.636.